The van der Waals surface area contributed by atoms with Crippen molar-refractivity contribution >= 4 is 11.8 Å². The van der Waals surface area contributed by atoms with Gasteiger partial charge in [-0.1, -0.05) is 6.07 Å². The van der Waals surface area contributed by atoms with E-state index in [0.29, 0.717) is 0 Å². The molecule has 5 nitrogen and oxygen atoms in total. The number of ether oxygens (including phenoxy) is 1. The van der Waals surface area contributed by atoms with Gasteiger partial charge in [0.2, 0.25) is 5.91 Å². The van der Waals surface area contributed by atoms with Crippen LogP contribution < -0.4 is 10.1 Å². The third-order valence-corrected chi connectivity index (χ3v) is 3.65. The van der Waals surface area contributed by atoms with E-state index in [9.17, 15) is 22.8 Å². The molecule has 0 aliphatic carbocycles. The van der Waals surface area contributed by atoms with Gasteiger partial charge in [-0.05, 0) is 31.0 Å². The zero-order valence-electron chi connectivity index (χ0n) is 13.1. The molecule has 8 heteroatoms. The summed E-state index contributed by atoms with van der Waals surface area (Å²) in [4.78, 5) is 25.1. The van der Waals surface area contributed by atoms with E-state index in [-0.39, 0.29) is 24.6 Å². The molecular weight excluding hydrogens is 325 g/mol. The van der Waals surface area contributed by atoms with Crippen molar-refractivity contribution in [2.45, 2.75) is 25.4 Å². The summed E-state index contributed by atoms with van der Waals surface area (Å²) in [5.41, 5.74) is -0.836. The van der Waals surface area contributed by atoms with E-state index in [1.54, 1.807) is 4.90 Å². The van der Waals surface area contributed by atoms with Gasteiger partial charge in [-0.2, -0.15) is 13.2 Å². The molecule has 24 heavy (non-hydrogen) atoms. The van der Waals surface area contributed by atoms with Gasteiger partial charge in [0.25, 0.3) is 5.91 Å². The lowest BCUT2D eigenvalue weighted by molar-refractivity contribution is -0.137. The van der Waals surface area contributed by atoms with Gasteiger partial charge in [0.15, 0.2) is 6.61 Å². The summed E-state index contributed by atoms with van der Waals surface area (Å²) in [6, 6.07) is 4.32. The Morgan fingerprint density at radius 3 is 2.58 bits per heavy atom. The zero-order chi connectivity index (χ0) is 17.6. The van der Waals surface area contributed by atoms with Crippen LogP contribution in [0.5, 0.6) is 5.75 Å². The van der Waals surface area contributed by atoms with Crippen LogP contribution in [-0.4, -0.2) is 43.0 Å². The number of likely N-dealkylation sites (tertiary alicyclic amines) is 1. The number of carbonyl (C=O) groups is 2. The van der Waals surface area contributed by atoms with Gasteiger partial charge in [-0.3, -0.25) is 9.59 Å². The zero-order valence-corrected chi connectivity index (χ0v) is 13.1. The van der Waals surface area contributed by atoms with Crippen LogP contribution in [-0.2, 0) is 15.8 Å². The first-order valence-electron chi connectivity index (χ1n) is 7.71. The molecule has 1 fully saturated rings. The molecule has 2 rings (SSSR count). The Bertz CT molecular complexity index is 584. The maximum atomic E-state index is 12.6. The predicted octanol–water partition coefficient (Wildman–Crippen LogP) is 2.21. The maximum absolute atomic E-state index is 12.6. The van der Waals surface area contributed by atoms with Crippen molar-refractivity contribution in [1.29, 1.82) is 0 Å². The second-order valence-electron chi connectivity index (χ2n) is 5.50. The molecule has 1 aromatic carbocycles. The Morgan fingerprint density at radius 1 is 1.21 bits per heavy atom. The lowest BCUT2D eigenvalue weighted by Gasteiger charge is -2.15. The van der Waals surface area contributed by atoms with Crippen molar-refractivity contribution in [1.82, 2.24) is 10.2 Å². The molecule has 0 bridgehead atoms. The number of amides is 2. The van der Waals surface area contributed by atoms with Gasteiger partial charge in [0, 0.05) is 26.1 Å². The van der Waals surface area contributed by atoms with E-state index < -0.39 is 24.3 Å². The summed E-state index contributed by atoms with van der Waals surface area (Å²) in [5, 5.41) is 2.52. The smallest absolute Gasteiger partial charge is 0.416 e. The molecule has 0 spiro atoms. The van der Waals surface area contributed by atoms with E-state index in [1.165, 1.54) is 12.1 Å². The number of hydrogen-bond acceptors (Lipinski definition) is 3. The van der Waals surface area contributed by atoms with Crippen molar-refractivity contribution < 1.29 is 27.5 Å². The molecule has 0 radical (unpaired) electrons. The van der Waals surface area contributed by atoms with Gasteiger partial charge in [-0.15, -0.1) is 0 Å². The quantitative estimate of drug-likeness (QED) is 0.861. The molecule has 1 aliphatic heterocycles. The Morgan fingerprint density at radius 2 is 1.92 bits per heavy atom. The molecule has 1 saturated heterocycles. The Kier molecular flexibility index (Phi) is 6.05. The van der Waals surface area contributed by atoms with Gasteiger partial charge in [0.1, 0.15) is 5.75 Å². The van der Waals surface area contributed by atoms with E-state index in [2.05, 4.69) is 5.32 Å². The minimum atomic E-state index is -4.46. The third kappa shape index (κ3) is 5.43. The van der Waals surface area contributed by atoms with E-state index in [4.69, 9.17) is 4.74 Å². The minimum absolute atomic E-state index is 0.00778. The number of hydrogen-bond donors (Lipinski definition) is 1. The second-order valence-corrected chi connectivity index (χ2v) is 5.50. The summed E-state index contributed by atoms with van der Waals surface area (Å²) >= 11 is 0. The van der Waals surface area contributed by atoms with Crippen LogP contribution in [0.1, 0.15) is 24.8 Å². The van der Waals surface area contributed by atoms with E-state index >= 15 is 0 Å². The average molecular weight is 344 g/mol. The molecular formula is C16H19F3N2O3. The molecule has 1 aromatic rings. The van der Waals surface area contributed by atoms with Crippen molar-refractivity contribution in [3.05, 3.63) is 29.8 Å². The molecule has 132 valence electrons. The van der Waals surface area contributed by atoms with Crippen molar-refractivity contribution in [2.24, 2.45) is 0 Å². The van der Waals surface area contributed by atoms with Crippen LogP contribution >= 0.6 is 0 Å². The first kappa shape index (κ1) is 18.1. The van der Waals surface area contributed by atoms with Gasteiger partial charge in [0.05, 0.1) is 5.56 Å². The number of rotatable bonds is 6. The van der Waals surface area contributed by atoms with Crippen molar-refractivity contribution in [2.75, 3.05) is 26.2 Å². The molecule has 1 aliphatic rings. The molecule has 1 N–H and O–H groups in total. The molecule has 1 heterocycles. The van der Waals surface area contributed by atoms with Gasteiger partial charge >= 0.3 is 6.18 Å². The summed E-state index contributed by atoms with van der Waals surface area (Å²) in [6.45, 7) is 1.29. The summed E-state index contributed by atoms with van der Waals surface area (Å²) in [5.74, 6) is -0.527. The summed E-state index contributed by atoms with van der Waals surface area (Å²) < 4.78 is 42.8. The van der Waals surface area contributed by atoms with Crippen LogP contribution in [0.15, 0.2) is 24.3 Å². The minimum Gasteiger partial charge on any atom is -0.484 e. The highest BCUT2D eigenvalue weighted by Crippen LogP contribution is 2.31. The lowest BCUT2D eigenvalue weighted by atomic mass is 10.2. The number of nitrogens with zero attached hydrogens (tertiary/aromatic N) is 1. The molecule has 0 atom stereocenters. The highest BCUT2D eigenvalue weighted by atomic mass is 19.4. The van der Waals surface area contributed by atoms with Crippen LogP contribution in [0.25, 0.3) is 0 Å². The number of benzene rings is 1. The first-order chi connectivity index (χ1) is 11.4. The SMILES string of the molecule is O=C(COc1cccc(C(F)(F)F)c1)NCCC(=O)N1CCCC1. The molecule has 0 unspecified atom stereocenters. The number of nitrogens with one attached hydrogen (secondary N) is 1. The number of halogens is 3. The monoisotopic (exact) mass is 344 g/mol. The Hall–Kier alpha value is -2.25. The second kappa shape index (κ2) is 8.03. The Labute approximate surface area is 137 Å². The molecule has 0 aromatic heterocycles. The van der Waals surface area contributed by atoms with E-state index in [1.807, 2.05) is 0 Å². The van der Waals surface area contributed by atoms with Crippen molar-refractivity contribution in [3.63, 3.8) is 0 Å². The van der Waals surface area contributed by atoms with Gasteiger partial charge < -0.3 is 15.0 Å². The topological polar surface area (TPSA) is 58.6 Å². The third-order valence-electron chi connectivity index (χ3n) is 3.65. The van der Waals surface area contributed by atoms with Crippen LogP contribution in [0.3, 0.4) is 0 Å². The fourth-order valence-electron chi connectivity index (χ4n) is 2.40. The maximum Gasteiger partial charge on any atom is 0.416 e. The largest absolute Gasteiger partial charge is 0.484 e. The highest BCUT2D eigenvalue weighted by Gasteiger charge is 2.30. The van der Waals surface area contributed by atoms with Crippen LogP contribution in [0.2, 0.25) is 0 Å². The van der Waals surface area contributed by atoms with Crippen LogP contribution in [0.4, 0.5) is 13.2 Å². The average Bonchev–Trinajstić information content (AvgIpc) is 3.07. The predicted molar refractivity (Wildman–Crippen MR) is 80.4 cm³/mol. The normalized spacial score (nSPS) is 14.5. The van der Waals surface area contributed by atoms with Gasteiger partial charge in [-0.25, -0.2) is 0 Å². The summed E-state index contributed by atoms with van der Waals surface area (Å²) in [7, 11) is 0. The number of carbonyl (C=O) groups excluding carboxylic acids is 2. The molecule has 0 saturated carbocycles. The highest BCUT2D eigenvalue weighted by molar-refractivity contribution is 5.80. The first-order valence-corrected chi connectivity index (χ1v) is 7.71. The van der Waals surface area contributed by atoms with Crippen LogP contribution in [0, 0.1) is 0 Å². The Balaban J connectivity index is 1.70. The molecule has 2 amide bonds. The summed E-state index contributed by atoms with van der Waals surface area (Å²) in [6.07, 6.45) is -2.25. The standard InChI is InChI=1S/C16H19F3N2O3/c17-16(18,19)12-4-3-5-13(10-12)24-11-14(22)20-7-6-15(23)21-8-1-2-9-21/h3-5,10H,1-2,6-9,11H2,(H,20,22). The van der Waals surface area contributed by atoms with Crippen molar-refractivity contribution in [3.8, 4) is 5.75 Å². The van der Waals surface area contributed by atoms with E-state index in [0.717, 1.165) is 38.1 Å². The fourth-order valence-corrected chi connectivity index (χ4v) is 2.40. The fraction of sp³-hybridized carbons (Fsp3) is 0.500. The number of alkyl halides is 3. The lowest BCUT2D eigenvalue weighted by Crippen LogP contribution is -2.34.